The van der Waals surface area contributed by atoms with E-state index in [4.69, 9.17) is 0 Å². The molecule has 2 N–H and O–H groups in total. The smallest absolute Gasteiger partial charge is 0.334 e. The van der Waals surface area contributed by atoms with E-state index >= 15 is 0 Å². The first-order chi connectivity index (χ1) is 21.5. The number of nitrogens with one attached hydrogen (secondary N) is 1. The van der Waals surface area contributed by atoms with Gasteiger partial charge in [-0.25, -0.2) is 19.2 Å². The largest absolute Gasteiger partial charge is 0.508 e. The molecule has 46 heavy (non-hydrogen) atoms. The van der Waals surface area contributed by atoms with Gasteiger partial charge in [0.05, 0.1) is 24.8 Å². The Kier molecular flexibility index (Phi) is 10.6. The monoisotopic (exact) mass is 632 g/mol. The Balaban J connectivity index is 0.00000480. The van der Waals surface area contributed by atoms with Crippen LogP contribution in [0.25, 0.3) is 0 Å². The molecule has 3 aromatic carbocycles. The second-order valence-corrected chi connectivity index (χ2v) is 12.1. The maximum absolute atomic E-state index is 14.9. The first-order valence-corrected chi connectivity index (χ1v) is 15.2. The maximum Gasteiger partial charge on any atom is 0.334 e. The van der Waals surface area contributed by atoms with E-state index in [0.717, 1.165) is 16.7 Å². The standard InChI is InChI=1S/C34H41FN6O4.CH4/c1-22(2)38(5)29-18-26(13-16-28(29)35)23(3)39-20-31-40(30(33(39)44)17-24-11-14-27(42)15-12-24)32(43)21-37(4)41(31)34(45)36-19-25-9-7-6-8-10-25;/h6-16,18,22-23,30-31,42H,17,19-21H2,1-5H3,(H,36,45);1H4/t23-,30+,31+;/m1./s1. The quantitative estimate of drug-likeness (QED) is 0.372. The third-order valence-electron chi connectivity index (χ3n) is 8.82. The van der Waals surface area contributed by atoms with Crippen molar-refractivity contribution >= 4 is 23.5 Å². The highest BCUT2D eigenvalue weighted by atomic mass is 19.1. The predicted molar refractivity (Wildman–Crippen MR) is 176 cm³/mol. The van der Waals surface area contributed by atoms with Crippen molar-refractivity contribution in [2.24, 2.45) is 0 Å². The third kappa shape index (κ3) is 6.94. The molecule has 0 bridgehead atoms. The number of halogens is 1. The number of piperazine rings is 1. The van der Waals surface area contributed by atoms with Gasteiger partial charge in [0.25, 0.3) is 0 Å². The normalized spacial score (nSPS) is 19.1. The summed E-state index contributed by atoms with van der Waals surface area (Å²) in [5.41, 5.74) is 2.85. The second-order valence-electron chi connectivity index (χ2n) is 12.1. The van der Waals surface area contributed by atoms with Crippen molar-refractivity contribution in [3.8, 4) is 5.75 Å². The van der Waals surface area contributed by atoms with Crippen LogP contribution in [0.5, 0.6) is 5.75 Å². The van der Waals surface area contributed by atoms with Crippen molar-refractivity contribution in [2.45, 2.75) is 65.5 Å². The fraction of sp³-hybridized carbons (Fsp3) is 0.400. The summed E-state index contributed by atoms with van der Waals surface area (Å²) in [4.78, 5) is 46.8. The fourth-order valence-corrected chi connectivity index (χ4v) is 6.04. The number of likely N-dealkylation sites (N-methyl/N-ethyl adjacent to an activating group) is 1. The van der Waals surface area contributed by atoms with Crippen molar-refractivity contribution in [3.63, 3.8) is 0 Å². The number of aromatic hydroxyl groups is 1. The molecule has 0 unspecified atom stereocenters. The number of hydrogen-bond acceptors (Lipinski definition) is 6. The van der Waals surface area contributed by atoms with Crippen LogP contribution in [0, 0.1) is 5.82 Å². The molecule has 11 heteroatoms. The van der Waals surface area contributed by atoms with Crippen LogP contribution < -0.4 is 10.2 Å². The molecule has 2 saturated heterocycles. The van der Waals surface area contributed by atoms with Crippen molar-refractivity contribution < 1.29 is 23.9 Å². The highest BCUT2D eigenvalue weighted by Crippen LogP contribution is 2.34. The predicted octanol–water partition coefficient (Wildman–Crippen LogP) is 4.75. The van der Waals surface area contributed by atoms with Gasteiger partial charge >= 0.3 is 6.03 Å². The third-order valence-corrected chi connectivity index (χ3v) is 8.82. The summed E-state index contributed by atoms with van der Waals surface area (Å²) >= 11 is 0. The van der Waals surface area contributed by atoms with Gasteiger partial charge in [0.15, 0.2) is 0 Å². The van der Waals surface area contributed by atoms with Gasteiger partial charge in [0.2, 0.25) is 11.8 Å². The highest BCUT2D eigenvalue weighted by Gasteiger charge is 2.51. The molecule has 3 atom stereocenters. The molecule has 0 saturated carbocycles. The minimum Gasteiger partial charge on any atom is -0.508 e. The number of carbonyl (C=O) groups is 3. The van der Waals surface area contributed by atoms with Crippen LogP contribution in [-0.2, 0) is 22.6 Å². The van der Waals surface area contributed by atoms with Crippen molar-refractivity contribution in [3.05, 3.63) is 95.3 Å². The number of anilines is 1. The zero-order valence-corrected chi connectivity index (χ0v) is 26.4. The number of rotatable bonds is 8. The van der Waals surface area contributed by atoms with Crippen LogP contribution in [-0.4, -0.2) is 88.2 Å². The molecule has 0 radical (unpaired) electrons. The van der Waals surface area contributed by atoms with Crippen LogP contribution in [0.3, 0.4) is 0 Å². The molecule has 10 nitrogen and oxygen atoms in total. The van der Waals surface area contributed by atoms with Gasteiger partial charge in [-0.2, -0.15) is 0 Å². The molecule has 5 rings (SSSR count). The van der Waals surface area contributed by atoms with Gasteiger partial charge < -0.3 is 25.1 Å². The highest BCUT2D eigenvalue weighted by molar-refractivity contribution is 5.92. The van der Waals surface area contributed by atoms with Gasteiger partial charge in [0.1, 0.15) is 23.8 Å². The van der Waals surface area contributed by atoms with E-state index in [1.807, 2.05) is 63.1 Å². The summed E-state index contributed by atoms with van der Waals surface area (Å²) in [6.45, 7) is 6.11. The topological polar surface area (TPSA) is 99.7 Å². The van der Waals surface area contributed by atoms with Crippen LogP contribution in [0.4, 0.5) is 14.9 Å². The first kappa shape index (κ1) is 34.2. The van der Waals surface area contributed by atoms with Crippen LogP contribution >= 0.6 is 0 Å². The van der Waals surface area contributed by atoms with E-state index in [1.165, 1.54) is 16.0 Å². The van der Waals surface area contributed by atoms with E-state index in [-0.39, 0.29) is 56.4 Å². The molecular formula is C35H45FN6O4. The number of carbonyl (C=O) groups excluding carboxylic acids is 3. The van der Waals surface area contributed by atoms with E-state index < -0.39 is 24.3 Å². The summed E-state index contributed by atoms with van der Waals surface area (Å²) < 4.78 is 14.9. The van der Waals surface area contributed by atoms with E-state index in [1.54, 1.807) is 53.4 Å². The number of phenolic OH excluding ortho intramolecular Hbond substituents is 1. The second kappa shape index (κ2) is 14.2. The number of phenols is 1. The molecule has 4 amide bonds. The average Bonchev–Trinajstić information content (AvgIpc) is 3.02. The van der Waals surface area contributed by atoms with Gasteiger partial charge in [-0.05, 0) is 61.7 Å². The molecule has 246 valence electrons. The SMILES string of the molecule is C.CC(C)N(C)c1cc([C@@H](C)N2C[C@H]3N(C(=O)CN(C)N3C(=O)NCc3ccccc3)[C@@H](Cc3ccc(O)cc3)C2=O)ccc1F. The van der Waals surface area contributed by atoms with Crippen LogP contribution in [0.15, 0.2) is 72.8 Å². The first-order valence-electron chi connectivity index (χ1n) is 15.2. The summed E-state index contributed by atoms with van der Waals surface area (Å²) in [6.07, 6.45) is -0.592. The lowest BCUT2D eigenvalue weighted by molar-refractivity contribution is -0.189. The molecule has 0 aliphatic carbocycles. The van der Waals surface area contributed by atoms with E-state index in [2.05, 4.69) is 5.32 Å². The van der Waals surface area contributed by atoms with Gasteiger partial charge in [0, 0.05) is 33.1 Å². The Labute approximate surface area is 271 Å². The number of fused-ring (bicyclic) bond motifs is 1. The average molecular weight is 633 g/mol. The summed E-state index contributed by atoms with van der Waals surface area (Å²) in [7, 11) is 3.51. The summed E-state index contributed by atoms with van der Waals surface area (Å²) in [6, 6.07) is 19.2. The van der Waals surface area contributed by atoms with E-state index in [0.29, 0.717) is 12.2 Å². The fourth-order valence-electron chi connectivity index (χ4n) is 6.04. The molecule has 2 aliphatic heterocycles. The Bertz CT molecular complexity index is 1540. The lowest BCUT2D eigenvalue weighted by Crippen LogP contribution is -2.76. The van der Waals surface area contributed by atoms with Crippen LogP contribution in [0.2, 0.25) is 0 Å². The number of hydrogen-bond donors (Lipinski definition) is 2. The Hall–Kier alpha value is -4.64. The number of urea groups is 1. The lowest BCUT2D eigenvalue weighted by atomic mass is 9.96. The maximum atomic E-state index is 14.9. The Morgan fingerprint density at radius 1 is 1.02 bits per heavy atom. The molecule has 2 fully saturated rings. The Morgan fingerprint density at radius 3 is 2.35 bits per heavy atom. The minimum absolute atomic E-state index is 0. The van der Waals surface area contributed by atoms with Gasteiger partial charge in [-0.1, -0.05) is 56.0 Å². The summed E-state index contributed by atoms with van der Waals surface area (Å²) in [5.74, 6) is -0.791. The molecule has 2 heterocycles. The molecule has 2 aliphatic rings. The van der Waals surface area contributed by atoms with Gasteiger partial charge in [-0.3, -0.25) is 9.59 Å². The number of hydrazine groups is 1. The zero-order valence-electron chi connectivity index (χ0n) is 26.4. The molecule has 0 spiro atoms. The lowest BCUT2D eigenvalue weighted by Gasteiger charge is -2.55. The molecule has 3 aromatic rings. The summed E-state index contributed by atoms with van der Waals surface area (Å²) in [5, 5.41) is 15.9. The minimum atomic E-state index is -0.903. The van der Waals surface area contributed by atoms with E-state index in [9.17, 15) is 23.9 Å². The van der Waals surface area contributed by atoms with Crippen molar-refractivity contribution in [2.75, 3.05) is 32.1 Å². The number of nitrogens with zero attached hydrogens (tertiary/aromatic N) is 5. The van der Waals surface area contributed by atoms with Gasteiger partial charge in [-0.15, -0.1) is 0 Å². The molecular weight excluding hydrogens is 587 g/mol. The van der Waals surface area contributed by atoms with Crippen molar-refractivity contribution in [1.29, 1.82) is 0 Å². The number of benzene rings is 3. The number of amides is 4. The van der Waals surface area contributed by atoms with Crippen LogP contribution in [0.1, 0.15) is 50.9 Å². The Morgan fingerprint density at radius 2 is 1.70 bits per heavy atom. The molecule has 0 aromatic heterocycles. The zero-order chi connectivity index (χ0) is 32.4. The van der Waals surface area contributed by atoms with Crippen molar-refractivity contribution in [1.82, 2.24) is 25.1 Å².